The van der Waals surface area contributed by atoms with Crippen molar-refractivity contribution < 1.29 is 13.2 Å². The Morgan fingerprint density at radius 2 is 1.88 bits per heavy atom. The second-order valence-electron chi connectivity index (χ2n) is 10.3. The average molecular weight is 566 g/mol. The third kappa shape index (κ3) is 5.87. The van der Waals surface area contributed by atoms with Gasteiger partial charge in [-0.2, -0.15) is 4.31 Å². The summed E-state index contributed by atoms with van der Waals surface area (Å²) in [5.41, 5.74) is 3.96. The van der Waals surface area contributed by atoms with Crippen molar-refractivity contribution in [1.82, 2.24) is 29.1 Å². The third-order valence-corrected chi connectivity index (χ3v) is 8.98. The number of nitrogens with zero attached hydrogens (tertiary/aromatic N) is 6. The number of anilines is 1. The number of aromatic nitrogens is 4. The molecule has 5 rings (SSSR count). The Morgan fingerprint density at radius 1 is 1.07 bits per heavy atom. The number of hydrogen-bond donors (Lipinski definition) is 1. The van der Waals surface area contributed by atoms with Gasteiger partial charge in [0.2, 0.25) is 10.0 Å². The average Bonchev–Trinajstić information content (AvgIpc) is 3.41. The summed E-state index contributed by atoms with van der Waals surface area (Å²) in [5, 5.41) is 0.922. The first-order chi connectivity index (χ1) is 18.6. The minimum absolute atomic E-state index is 0. The van der Waals surface area contributed by atoms with Gasteiger partial charge in [0.25, 0.3) is 0 Å². The number of nitrogens with one attached hydrogen (secondary N) is 1. The van der Waals surface area contributed by atoms with Gasteiger partial charge in [-0.15, -0.1) is 0 Å². The summed E-state index contributed by atoms with van der Waals surface area (Å²) in [4.78, 5) is 22.0. The molecule has 40 heavy (non-hydrogen) atoms. The fourth-order valence-electron chi connectivity index (χ4n) is 4.74. The minimum Gasteiger partial charge on any atom is -0.377 e. The van der Waals surface area contributed by atoms with E-state index in [9.17, 15) is 8.42 Å². The van der Waals surface area contributed by atoms with Crippen molar-refractivity contribution in [3.8, 4) is 22.6 Å². The van der Waals surface area contributed by atoms with E-state index in [2.05, 4.69) is 21.8 Å². The zero-order valence-corrected chi connectivity index (χ0v) is 23.9. The van der Waals surface area contributed by atoms with Crippen LogP contribution >= 0.6 is 0 Å². The van der Waals surface area contributed by atoms with Gasteiger partial charge >= 0.3 is 0 Å². The first kappa shape index (κ1) is 29.6. The number of aromatic amines is 1. The number of likely N-dealkylation sites (N-methyl/N-ethyl adjacent to an activating group) is 2. The summed E-state index contributed by atoms with van der Waals surface area (Å²) in [6.45, 7) is 7.03. The smallest absolute Gasteiger partial charge is 0.242 e. The highest BCUT2D eigenvalue weighted by Gasteiger charge is 2.25. The van der Waals surface area contributed by atoms with E-state index in [0.717, 1.165) is 33.5 Å². The highest BCUT2D eigenvalue weighted by molar-refractivity contribution is 7.89. The van der Waals surface area contributed by atoms with Gasteiger partial charge in [0.05, 0.1) is 29.8 Å². The van der Waals surface area contributed by atoms with Crippen molar-refractivity contribution >= 4 is 26.9 Å². The van der Waals surface area contributed by atoms with E-state index >= 15 is 0 Å². The van der Waals surface area contributed by atoms with Crippen molar-refractivity contribution in [3.63, 3.8) is 0 Å². The second-order valence-corrected chi connectivity index (χ2v) is 12.3. The molecule has 0 aliphatic carbocycles. The lowest BCUT2D eigenvalue weighted by Crippen LogP contribution is -2.44. The first-order valence-electron chi connectivity index (χ1n) is 13.0. The van der Waals surface area contributed by atoms with E-state index < -0.39 is 10.0 Å². The lowest BCUT2D eigenvalue weighted by atomic mass is 10.0. The minimum atomic E-state index is -3.68. The molecule has 1 atom stereocenters. The molecule has 1 aliphatic rings. The predicted molar refractivity (Wildman–Crippen MR) is 160 cm³/mol. The van der Waals surface area contributed by atoms with Crippen LogP contribution < -0.4 is 4.90 Å². The van der Waals surface area contributed by atoms with Gasteiger partial charge in [-0.05, 0) is 57.8 Å². The summed E-state index contributed by atoms with van der Waals surface area (Å²) in [5.74, 6) is 1.34. The van der Waals surface area contributed by atoms with E-state index in [1.54, 1.807) is 25.4 Å². The largest absolute Gasteiger partial charge is 0.377 e. The molecule has 0 saturated carbocycles. The Balaban J connectivity index is 0.00000370. The fourth-order valence-corrected chi connectivity index (χ4v) is 5.93. The van der Waals surface area contributed by atoms with Crippen LogP contribution in [0.4, 0.5) is 5.82 Å². The van der Waals surface area contributed by atoms with Crippen LogP contribution in [0, 0.1) is 6.92 Å². The number of sulfonamides is 1. The molecule has 1 fully saturated rings. The number of aryl methyl sites for hydroxylation is 1. The SMILES string of the molecule is C.Cc1ccc(S(=O)(=O)N(C)CCN(C)C)cc1-c1cc(N2CCOC[C@H]2C)nc(-c2ccnc3[nH]ccc23)n1. The summed E-state index contributed by atoms with van der Waals surface area (Å²) in [6, 6.07) is 11.2. The van der Waals surface area contributed by atoms with Crippen molar-refractivity contribution in [2.45, 2.75) is 32.2 Å². The molecule has 4 aromatic rings. The standard InChI is InChI=1S/C28H35N7O3S.CH4/c1-19-6-7-21(39(36,37)34(5)13-12-33(3)4)16-24(19)25-17-26(35-14-15-38-18-20(35)2)32-28(31-25)23-9-11-30-27-22(23)8-10-29-27;/h6-11,16-17,20H,12-15,18H2,1-5H3,(H,29,30);1H4/t20-;/m1./s1. The second kappa shape index (κ2) is 12.0. The van der Waals surface area contributed by atoms with Crippen molar-refractivity contribution in [2.75, 3.05) is 58.9 Å². The van der Waals surface area contributed by atoms with E-state index in [1.807, 2.05) is 56.4 Å². The number of rotatable bonds is 8. The molecule has 214 valence electrons. The molecular formula is C29H39N7O3S. The molecule has 1 saturated heterocycles. The number of ether oxygens (including phenoxy) is 1. The highest BCUT2D eigenvalue weighted by atomic mass is 32.2. The monoisotopic (exact) mass is 565 g/mol. The van der Waals surface area contributed by atoms with Crippen LogP contribution in [0.5, 0.6) is 0 Å². The highest BCUT2D eigenvalue weighted by Crippen LogP contribution is 2.33. The Hall–Kier alpha value is -3.38. The van der Waals surface area contributed by atoms with Gasteiger partial charge in [-0.3, -0.25) is 0 Å². The normalized spacial score (nSPS) is 16.1. The Labute approximate surface area is 237 Å². The molecule has 0 spiro atoms. The maximum atomic E-state index is 13.4. The zero-order valence-electron chi connectivity index (χ0n) is 23.0. The molecule has 10 nitrogen and oxygen atoms in total. The lowest BCUT2D eigenvalue weighted by Gasteiger charge is -2.34. The number of hydrogen-bond acceptors (Lipinski definition) is 8. The maximum Gasteiger partial charge on any atom is 0.242 e. The Bertz CT molecular complexity index is 1590. The molecule has 1 aliphatic heterocycles. The molecule has 3 aromatic heterocycles. The lowest BCUT2D eigenvalue weighted by molar-refractivity contribution is 0.0985. The van der Waals surface area contributed by atoms with Crippen LogP contribution in [0.25, 0.3) is 33.7 Å². The molecule has 0 amide bonds. The number of H-pyrrole nitrogens is 1. The van der Waals surface area contributed by atoms with Crippen LogP contribution in [0.15, 0.2) is 53.7 Å². The van der Waals surface area contributed by atoms with Gasteiger partial charge < -0.3 is 19.5 Å². The molecule has 0 radical (unpaired) electrons. The van der Waals surface area contributed by atoms with E-state index in [4.69, 9.17) is 14.7 Å². The van der Waals surface area contributed by atoms with Gasteiger partial charge in [-0.1, -0.05) is 13.5 Å². The molecule has 4 heterocycles. The quantitative estimate of drug-likeness (QED) is 0.341. The van der Waals surface area contributed by atoms with Gasteiger partial charge in [0.1, 0.15) is 11.5 Å². The topological polar surface area (TPSA) is 108 Å². The summed E-state index contributed by atoms with van der Waals surface area (Å²) in [6.07, 6.45) is 3.59. The number of benzene rings is 1. The summed E-state index contributed by atoms with van der Waals surface area (Å²) in [7, 11) is 1.78. The molecular weight excluding hydrogens is 526 g/mol. The first-order valence-corrected chi connectivity index (χ1v) is 14.5. The zero-order chi connectivity index (χ0) is 27.7. The van der Waals surface area contributed by atoms with Crippen molar-refractivity contribution in [3.05, 3.63) is 54.4 Å². The van der Waals surface area contributed by atoms with Gasteiger partial charge in [-0.25, -0.2) is 23.4 Å². The summed E-state index contributed by atoms with van der Waals surface area (Å²) >= 11 is 0. The molecule has 1 N–H and O–H groups in total. The molecule has 1 aromatic carbocycles. The number of morpholine rings is 1. The van der Waals surface area contributed by atoms with Crippen LogP contribution in [-0.2, 0) is 14.8 Å². The molecule has 0 unspecified atom stereocenters. The van der Waals surface area contributed by atoms with Crippen LogP contribution in [0.1, 0.15) is 19.9 Å². The van der Waals surface area contributed by atoms with Crippen LogP contribution in [0.3, 0.4) is 0 Å². The third-order valence-electron chi connectivity index (χ3n) is 7.13. The van der Waals surface area contributed by atoms with Gasteiger partial charge in [0.15, 0.2) is 5.82 Å². The van der Waals surface area contributed by atoms with E-state index in [1.165, 1.54) is 4.31 Å². The number of fused-ring (bicyclic) bond motifs is 1. The predicted octanol–water partition coefficient (Wildman–Crippen LogP) is 4.04. The Morgan fingerprint density at radius 3 is 2.62 bits per heavy atom. The molecule has 0 bridgehead atoms. The van der Waals surface area contributed by atoms with Crippen molar-refractivity contribution in [1.29, 1.82) is 0 Å². The number of pyridine rings is 1. The maximum absolute atomic E-state index is 13.4. The van der Waals surface area contributed by atoms with E-state index in [0.29, 0.717) is 44.4 Å². The summed E-state index contributed by atoms with van der Waals surface area (Å²) < 4.78 is 34.0. The van der Waals surface area contributed by atoms with Crippen LogP contribution in [0.2, 0.25) is 0 Å². The van der Waals surface area contributed by atoms with Crippen molar-refractivity contribution in [2.24, 2.45) is 0 Å². The Kier molecular flexibility index (Phi) is 8.89. The van der Waals surface area contributed by atoms with Gasteiger partial charge in [0, 0.05) is 61.7 Å². The fraction of sp³-hybridized carbons (Fsp3) is 0.414. The molecule has 11 heteroatoms. The van der Waals surface area contributed by atoms with Crippen LogP contribution in [-0.4, -0.2) is 97.6 Å². The van der Waals surface area contributed by atoms with E-state index in [-0.39, 0.29) is 18.4 Å².